The second-order valence-corrected chi connectivity index (χ2v) is 6.42. The summed E-state index contributed by atoms with van der Waals surface area (Å²) in [5, 5.41) is 2.13. The van der Waals surface area contributed by atoms with Gasteiger partial charge in [0.1, 0.15) is 0 Å². The summed E-state index contributed by atoms with van der Waals surface area (Å²) >= 11 is 1.80. The molecule has 1 aromatic rings. The van der Waals surface area contributed by atoms with E-state index in [9.17, 15) is 4.79 Å². The van der Waals surface area contributed by atoms with Gasteiger partial charge in [-0.1, -0.05) is 13.8 Å². The third-order valence-electron chi connectivity index (χ3n) is 4.74. The van der Waals surface area contributed by atoms with Crippen LogP contribution < -0.4 is 5.73 Å². The Hall–Kier alpha value is -0.870. The molecule has 0 aromatic carbocycles. The van der Waals surface area contributed by atoms with Gasteiger partial charge in [0.2, 0.25) is 5.91 Å². The van der Waals surface area contributed by atoms with E-state index in [0.717, 1.165) is 25.8 Å². The number of carbonyl (C=O) groups excluding carboxylic acids is 1. The minimum absolute atomic E-state index is 0.187. The Balaban J connectivity index is 2.26. The van der Waals surface area contributed by atoms with Crippen molar-refractivity contribution in [2.75, 3.05) is 13.1 Å². The van der Waals surface area contributed by atoms with E-state index in [2.05, 4.69) is 32.2 Å². The minimum atomic E-state index is -0.373. The smallest absolute Gasteiger partial charge is 0.230 e. The Morgan fingerprint density at radius 1 is 1.53 bits per heavy atom. The first kappa shape index (κ1) is 14.5. The molecule has 1 aliphatic heterocycles. The van der Waals surface area contributed by atoms with Gasteiger partial charge in [0.15, 0.2) is 0 Å². The van der Waals surface area contributed by atoms with Gasteiger partial charge in [-0.2, -0.15) is 0 Å². The van der Waals surface area contributed by atoms with Gasteiger partial charge in [0, 0.05) is 18.0 Å². The zero-order valence-electron chi connectivity index (χ0n) is 12.1. The number of carbonyl (C=O) groups is 1. The number of hydrogen-bond acceptors (Lipinski definition) is 3. The van der Waals surface area contributed by atoms with Crippen molar-refractivity contribution >= 4 is 17.2 Å². The third-order valence-corrected chi connectivity index (χ3v) is 5.73. The standard InChI is InChI=1S/C15H24N2OS/c1-4-15(5-2,10-16)14(18)17-8-6-13-12(11(17)3)7-9-19-13/h7,9,11H,4-6,8,10,16H2,1-3H3. The van der Waals surface area contributed by atoms with Crippen LogP contribution in [0.5, 0.6) is 0 Å². The average molecular weight is 280 g/mol. The highest BCUT2D eigenvalue weighted by Gasteiger charge is 2.40. The molecule has 2 heterocycles. The molecule has 0 spiro atoms. The normalized spacial score (nSPS) is 19.4. The Morgan fingerprint density at radius 3 is 2.79 bits per heavy atom. The number of hydrogen-bond donors (Lipinski definition) is 1. The van der Waals surface area contributed by atoms with Crippen LogP contribution >= 0.6 is 11.3 Å². The summed E-state index contributed by atoms with van der Waals surface area (Å²) in [6, 6.07) is 2.35. The number of fused-ring (bicyclic) bond motifs is 1. The van der Waals surface area contributed by atoms with Crippen molar-refractivity contribution in [1.29, 1.82) is 0 Å². The lowest BCUT2D eigenvalue weighted by molar-refractivity contribution is -0.145. The highest BCUT2D eigenvalue weighted by Crippen LogP contribution is 2.37. The summed E-state index contributed by atoms with van der Waals surface area (Å²) in [6.45, 7) is 7.54. The predicted octanol–water partition coefficient (Wildman–Crippen LogP) is 2.96. The maximum Gasteiger partial charge on any atom is 0.230 e. The number of nitrogens with two attached hydrogens (primary N) is 1. The molecule has 1 aromatic heterocycles. The molecule has 0 bridgehead atoms. The van der Waals surface area contributed by atoms with Crippen molar-refractivity contribution in [3.63, 3.8) is 0 Å². The molecule has 0 aliphatic carbocycles. The van der Waals surface area contributed by atoms with Gasteiger partial charge >= 0.3 is 0 Å². The lowest BCUT2D eigenvalue weighted by atomic mass is 9.80. The molecule has 1 atom stereocenters. The van der Waals surface area contributed by atoms with Crippen LogP contribution in [0.1, 0.15) is 50.1 Å². The fourth-order valence-corrected chi connectivity index (χ4v) is 3.98. The van der Waals surface area contributed by atoms with E-state index in [1.54, 1.807) is 11.3 Å². The van der Waals surface area contributed by atoms with Crippen LogP contribution in [0, 0.1) is 5.41 Å². The number of thiophene rings is 1. The van der Waals surface area contributed by atoms with Crippen LogP contribution in [0.25, 0.3) is 0 Å². The third kappa shape index (κ3) is 2.32. The van der Waals surface area contributed by atoms with Gasteiger partial charge in [0.25, 0.3) is 0 Å². The molecule has 1 unspecified atom stereocenters. The molecule has 3 nitrogen and oxygen atoms in total. The van der Waals surface area contributed by atoms with E-state index in [4.69, 9.17) is 5.73 Å². The van der Waals surface area contributed by atoms with Crippen LogP contribution in [0.2, 0.25) is 0 Å². The first-order valence-corrected chi connectivity index (χ1v) is 8.05. The van der Waals surface area contributed by atoms with Crippen LogP contribution in [-0.4, -0.2) is 23.9 Å². The molecule has 4 heteroatoms. The van der Waals surface area contributed by atoms with Gasteiger partial charge in [-0.3, -0.25) is 4.79 Å². The highest BCUT2D eigenvalue weighted by atomic mass is 32.1. The fourth-order valence-electron chi connectivity index (χ4n) is 3.02. The van der Waals surface area contributed by atoms with Crippen molar-refractivity contribution in [2.24, 2.45) is 11.1 Å². The van der Waals surface area contributed by atoms with Crippen molar-refractivity contribution in [3.05, 3.63) is 21.9 Å². The fraction of sp³-hybridized carbons (Fsp3) is 0.667. The van der Waals surface area contributed by atoms with E-state index in [1.807, 2.05) is 4.90 Å². The Bertz CT molecular complexity index is 442. The molecule has 2 N–H and O–H groups in total. The van der Waals surface area contributed by atoms with Crippen LogP contribution in [-0.2, 0) is 11.2 Å². The molecule has 0 saturated carbocycles. The summed E-state index contributed by atoms with van der Waals surface area (Å²) in [5.41, 5.74) is 6.86. The molecule has 1 aliphatic rings. The molecular formula is C15H24N2OS. The average Bonchev–Trinajstić information content (AvgIpc) is 2.91. The molecule has 2 rings (SSSR count). The molecular weight excluding hydrogens is 256 g/mol. The molecule has 0 radical (unpaired) electrons. The second-order valence-electron chi connectivity index (χ2n) is 5.42. The van der Waals surface area contributed by atoms with Crippen LogP contribution in [0.3, 0.4) is 0 Å². The minimum Gasteiger partial charge on any atom is -0.335 e. The number of nitrogens with zero attached hydrogens (tertiary/aromatic N) is 1. The lowest BCUT2D eigenvalue weighted by Gasteiger charge is -2.40. The van der Waals surface area contributed by atoms with Gasteiger partial charge in [-0.15, -0.1) is 11.3 Å². The maximum absolute atomic E-state index is 12.9. The van der Waals surface area contributed by atoms with Crippen LogP contribution in [0.4, 0.5) is 0 Å². The van der Waals surface area contributed by atoms with Gasteiger partial charge in [-0.25, -0.2) is 0 Å². The quantitative estimate of drug-likeness (QED) is 0.921. The molecule has 19 heavy (non-hydrogen) atoms. The monoisotopic (exact) mass is 280 g/mol. The molecule has 0 fully saturated rings. The van der Waals surface area contributed by atoms with Gasteiger partial charge in [-0.05, 0) is 43.2 Å². The first-order chi connectivity index (χ1) is 9.09. The van der Waals surface area contributed by atoms with E-state index < -0.39 is 0 Å². The van der Waals surface area contributed by atoms with E-state index >= 15 is 0 Å². The van der Waals surface area contributed by atoms with Crippen molar-refractivity contribution in [3.8, 4) is 0 Å². The summed E-state index contributed by atoms with van der Waals surface area (Å²) in [6.07, 6.45) is 2.62. The summed E-state index contributed by atoms with van der Waals surface area (Å²) in [7, 11) is 0. The molecule has 106 valence electrons. The molecule has 1 amide bonds. The predicted molar refractivity (Wildman–Crippen MR) is 80.2 cm³/mol. The molecule has 0 saturated heterocycles. The van der Waals surface area contributed by atoms with Crippen molar-refractivity contribution in [1.82, 2.24) is 4.90 Å². The number of rotatable bonds is 4. The Labute approximate surface area is 119 Å². The van der Waals surface area contributed by atoms with Gasteiger partial charge < -0.3 is 10.6 Å². The maximum atomic E-state index is 12.9. The topological polar surface area (TPSA) is 46.3 Å². The largest absolute Gasteiger partial charge is 0.335 e. The second kappa shape index (κ2) is 5.63. The van der Waals surface area contributed by atoms with Crippen molar-refractivity contribution in [2.45, 2.75) is 46.1 Å². The van der Waals surface area contributed by atoms with E-state index in [1.165, 1.54) is 10.4 Å². The van der Waals surface area contributed by atoms with Crippen molar-refractivity contribution < 1.29 is 4.79 Å². The zero-order chi connectivity index (χ0) is 14.0. The highest BCUT2D eigenvalue weighted by molar-refractivity contribution is 7.10. The summed E-state index contributed by atoms with van der Waals surface area (Å²) in [5.74, 6) is 0.240. The zero-order valence-corrected chi connectivity index (χ0v) is 12.9. The first-order valence-electron chi connectivity index (χ1n) is 7.17. The Morgan fingerprint density at radius 2 is 2.21 bits per heavy atom. The summed E-state index contributed by atoms with van der Waals surface area (Å²) in [4.78, 5) is 16.4. The van der Waals surface area contributed by atoms with Crippen LogP contribution in [0.15, 0.2) is 11.4 Å². The number of amides is 1. The Kier molecular flexibility index (Phi) is 4.31. The summed E-state index contributed by atoms with van der Waals surface area (Å²) < 4.78 is 0. The van der Waals surface area contributed by atoms with Gasteiger partial charge in [0.05, 0.1) is 11.5 Å². The van der Waals surface area contributed by atoms with E-state index in [0.29, 0.717) is 6.54 Å². The lowest BCUT2D eigenvalue weighted by Crippen LogP contribution is -2.50. The van der Waals surface area contributed by atoms with E-state index in [-0.39, 0.29) is 17.4 Å². The SMILES string of the molecule is CCC(CC)(CN)C(=O)N1CCc2sccc2C1C.